The summed E-state index contributed by atoms with van der Waals surface area (Å²) < 4.78 is 25.5. The van der Waals surface area contributed by atoms with Crippen molar-refractivity contribution in [2.24, 2.45) is 0 Å². The van der Waals surface area contributed by atoms with Gasteiger partial charge in [-0.3, -0.25) is 4.79 Å². The van der Waals surface area contributed by atoms with E-state index in [1.54, 1.807) is 4.90 Å². The Bertz CT molecular complexity index is 1090. The number of hydrogen-bond acceptors (Lipinski definition) is 3. The lowest BCUT2D eigenvalue weighted by Gasteiger charge is -2.20. The van der Waals surface area contributed by atoms with Gasteiger partial charge in [0.15, 0.2) is 9.84 Å². The summed E-state index contributed by atoms with van der Waals surface area (Å²) in [6.45, 7) is 0.720. The van der Waals surface area contributed by atoms with Crippen LogP contribution in [0.2, 0.25) is 0 Å². The minimum Gasteiger partial charge on any atom is -0.341 e. The second kappa shape index (κ2) is 7.76. The van der Waals surface area contributed by atoms with E-state index in [1.165, 1.54) is 0 Å². The number of rotatable bonds is 3. The highest BCUT2D eigenvalue weighted by Gasteiger charge is 2.32. The normalized spacial score (nSPS) is 19.3. The molecular formula is C23H23NO3S. The van der Waals surface area contributed by atoms with Gasteiger partial charge in [0.05, 0.1) is 17.4 Å². The van der Waals surface area contributed by atoms with Crippen molar-refractivity contribution in [3.8, 4) is 0 Å². The molecule has 3 aromatic rings. The van der Waals surface area contributed by atoms with E-state index in [1.807, 2.05) is 72.8 Å². The molecule has 1 aliphatic heterocycles. The molecule has 1 amide bonds. The van der Waals surface area contributed by atoms with Crippen LogP contribution in [0.15, 0.2) is 72.8 Å². The molecule has 0 saturated carbocycles. The number of fused-ring (bicyclic) bond motifs is 1. The predicted molar refractivity (Wildman–Crippen MR) is 112 cm³/mol. The average Bonchev–Trinajstić information content (AvgIpc) is 2.87. The maximum absolute atomic E-state index is 12.9. The zero-order valence-electron chi connectivity index (χ0n) is 15.6. The highest BCUT2D eigenvalue weighted by molar-refractivity contribution is 7.91. The Morgan fingerprint density at radius 3 is 2.43 bits per heavy atom. The van der Waals surface area contributed by atoms with Gasteiger partial charge in [-0.25, -0.2) is 8.42 Å². The third-order valence-electron chi connectivity index (χ3n) is 5.49. The van der Waals surface area contributed by atoms with E-state index in [0.29, 0.717) is 13.0 Å². The molecule has 1 atom stereocenters. The molecule has 1 heterocycles. The van der Waals surface area contributed by atoms with Crippen molar-refractivity contribution >= 4 is 26.5 Å². The van der Waals surface area contributed by atoms with E-state index in [2.05, 4.69) is 0 Å². The van der Waals surface area contributed by atoms with Gasteiger partial charge in [0.25, 0.3) is 0 Å². The molecule has 0 N–H and O–H groups in total. The number of benzene rings is 3. The van der Waals surface area contributed by atoms with Gasteiger partial charge in [-0.2, -0.15) is 0 Å². The van der Waals surface area contributed by atoms with E-state index in [-0.39, 0.29) is 24.6 Å². The summed E-state index contributed by atoms with van der Waals surface area (Å²) in [4.78, 5) is 14.7. The summed E-state index contributed by atoms with van der Waals surface area (Å²) in [7, 11) is -3.28. The van der Waals surface area contributed by atoms with Gasteiger partial charge < -0.3 is 4.90 Å². The van der Waals surface area contributed by atoms with Crippen molar-refractivity contribution in [3.63, 3.8) is 0 Å². The van der Waals surface area contributed by atoms with Crippen LogP contribution in [0.25, 0.3) is 10.8 Å². The highest BCUT2D eigenvalue weighted by atomic mass is 32.2. The lowest BCUT2D eigenvalue weighted by Crippen LogP contribution is -2.34. The molecule has 4 rings (SSSR count). The van der Waals surface area contributed by atoms with E-state index in [9.17, 15) is 13.2 Å². The highest BCUT2D eigenvalue weighted by Crippen LogP contribution is 2.29. The molecule has 0 spiro atoms. The van der Waals surface area contributed by atoms with Gasteiger partial charge in [0.1, 0.15) is 0 Å². The molecule has 0 radical (unpaired) electrons. The summed E-state index contributed by atoms with van der Waals surface area (Å²) in [5, 5.41) is 1.64. The van der Waals surface area contributed by atoms with Crippen LogP contribution in [-0.4, -0.2) is 38.1 Å². The Labute approximate surface area is 165 Å². The predicted octanol–water partition coefficient (Wildman–Crippen LogP) is 3.77. The number of nitrogens with zero attached hydrogens (tertiary/aromatic N) is 1. The Morgan fingerprint density at radius 1 is 0.893 bits per heavy atom. The number of hydrogen-bond donors (Lipinski definition) is 0. The molecule has 144 valence electrons. The number of carbonyl (C=O) groups excluding carboxylic acids is 1. The van der Waals surface area contributed by atoms with Crippen LogP contribution in [0.3, 0.4) is 0 Å². The van der Waals surface area contributed by atoms with Crippen LogP contribution < -0.4 is 0 Å². The fourth-order valence-electron chi connectivity index (χ4n) is 3.96. The van der Waals surface area contributed by atoms with Crippen molar-refractivity contribution in [3.05, 3.63) is 83.9 Å². The molecule has 5 heteroatoms. The summed E-state index contributed by atoms with van der Waals surface area (Å²) in [5.74, 6) is -0.00587. The van der Waals surface area contributed by atoms with Crippen LogP contribution in [0, 0.1) is 0 Å². The van der Waals surface area contributed by atoms with Crippen LogP contribution in [-0.2, 0) is 21.1 Å². The monoisotopic (exact) mass is 393 g/mol. The first-order chi connectivity index (χ1) is 13.5. The molecule has 0 aromatic heterocycles. The van der Waals surface area contributed by atoms with Crippen molar-refractivity contribution in [2.75, 3.05) is 18.8 Å². The van der Waals surface area contributed by atoms with E-state index >= 15 is 0 Å². The fraction of sp³-hybridized carbons (Fsp3) is 0.261. The van der Waals surface area contributed by atoms with Crippen molar-refractivity contribution in [2.45, 2.75) is 18.1 Å². The number of amides is 1. The van der Waals surface area contributed by atoms with Gasteiger partial charge in [0.2, 0.25) is 5.91 Å². The van der Waals surface area contributed by atoms with Crippen LogP contribution in [0.4, 0.5) is 0 Å². The first kappa shape index (κ1) is 18.7. The number of sulfone groups is 1. The summed E-state index contributed by atoms with van der Waals surface area (Å²) in [6.07, 6.45) is 0.727. The molecule has 1 fully saturated rings. The molecule has 3 aromatic carbocycles. The molecule has 0 aliphatic carbocycles. The smallest absolute Gasteiger partial charge is 0.227 e. The lowest BCUT2D eigenvalue weighted by atomic mass is 10.0. The maximum atomic E-state index is 12.9. The second-order valence-electron chi connectivity index (χ2n) is 7.25. The van der Waals surface area contributed by atoms with Crippen LogP contribution in [0.1, 0.15) is 22.8 Å². The van der Waals surface area contributed by atoms with Crippen molar-refractivity contribution in [1.82, 2.24) is 4.90 Å². The first-order valence-electron chi connectivity index (χ1n) is 9.55. The Hall–Kier alpha value is -2.66. The maximum Gasteiger partial charge on any atom is 0.227 e. The minimum absolute atomic E-state index is 0.00778. The molecule has 4 nitrogen and oxygen atoms in total. The van der Waals surface area contributed by atoms with Crippen LogP contribution in [0.5, 0.6) is 0 Å². The summed E-state index contributed by atoms with van der Waals surface area (Å²) >= 11 is 0. The zero-order chi connectivity index (χ0) is 19.6. The average molecular weight is 394 g/mol. The standard InChI is InChI=1S/C23H23NO3S/c25-23(17-20-11-6-10-18-7-4-5-12-21(18)20)24-14-13-22(28(26,27)16-15-24)19-8-2-1-3-9-19/h1-12,22H,13-17H2/t22-/m1/s1. The van der Waals surface area contributed by atoms with Gasteiger partial charge in [-0.15, -0.1) is 0 Å². The summed E-state index contributed by atoms with van der Waals surface area (Å²) in [6, 6.07) is 23.3. The first-order valence-corrected chi connectivity index (χ1v) is 11.3. The Balaban J connectivity index is 1.53. The molecule has 0 unspecified atom stereocenters. The Kier molecular flexibility index (Phi) is 5.18. The lowest BCUT2D eigenvalue weighted by molar-refractivity contribution is -0.130. The van der Waals surface area contributed by atoms with E-state index in [0.717, 1.165) is 21.9 Å². The van der Waals surface area contributed by atoms with Gasteiger partial charge in [-0.05, 0) is 28.3 Å². The third kappa shape index (κ3) is 3.80. The van der Waals surface area contributed by atoms with E-state index in [4.69, 9.17) is 0 Å². The Morgan fingerprint density at radius 2 is 1.61 bits per heavy atom. The van der Waals surface area contributed by atoms with Gasteiger partial charge in [0, 0.05) is 13.1 Å². The topological polar surface area (TPSA) is 54.5 Å². The molecule has 0 bridgehead atoms. The minimum atomic E-state index is -3.28. The third-order valence-corrected chi connectivity index (χ3v) is 7.61. The fourth-order valence-corrected chi connectivity index (χ4v) is 5.75. The SMILES string of the molecule is O=C(Cc1cccc2ccccc12)N1CC[C@H](c2ccccc2)S(=O)(=O)CC1. The zero-order valence-corrected chi connectivity index (χ0v) is 16.4. The molecular weight excluding hydrogens is 370 g/mol. The van der Waals surface area contributed by atoms with Crippen molar-refractivity contribution < 1.29 is 13.2 Å². The van der Waals surface area contributed by atoms with E-state index < -0.39 is 15.1 Å². The summed E-state index contributed by atoms with van der Waals surface area (Å²) in [5.41, 5.74) is 1.79. The largest absolute Gasteiger partial charge is 0.341 e. The van der Waals surface area contributed by atoms with Crippen LogP contribution >= 0.6 is 0 Å². The van der Waals surface area contributed by atoms with Crippen molar-refractivity contribution in [1.29, 1.82) is 0 Å². The molecule has 1 aliphatic rings. The molecule has 28 heavy (non-hydrogen) atoms. The van der Waals surface area contributed by atoms with Gasteiger partial charge >= 0.3 is 0 Å². The number of carbonyl (C=O) groups is 1. The van der Waals surface area contributed by atoms with Gasteiger partial charge in [-0.1, -0.05) is 72.8 Å². The second-order valence-corrected chi connectivity index (χ2v) is 9.55. The quantitative estimate of drug-likeness (QED) is 0.681. The molecule has 1 saturated heterocycles.